The number of amides is 1. The normalized spacial score (nSPS) is 10.6. The molecule has 0 spiro atoms. The lowest BCUT2D eigenvalue weighted by molar-refractivity contribution is 0.0739. The summed E-state index contributed by atoms with van der Waals surface area (Å²) in [5.41, 5.74) is 0.714. The molecule has 0 aliphatic heterocycles. The van der Waals surface area contributed by atoms with Gasteiger partial charge in [-0.3, -0.25) is 4.79 Å². The van der Waals surface area contributed by atoms with Crippen LogP contribution in [0.15, 0.2) is 63.6 Å². The Morgan fingerprint density at radius 2 is 1.92 bits per heavy atom. The van der Waals surface area contributed by atoms with Gasteiger partial charge in [0, 0.05) is 12.6 Å². The number of hydrogen-bond donors (Lipinski definition) is 0. The van der Waals surface area contributed by atoms with Gasteiger partial charge in [-0.25, -0.2) is 0 Å². The maximum absolute atomic E-state index is 12.6. The van der Waals surface area contributed by atoms with E-state index in [4.69, 9.17) is 13.6 Å². The second-order valence-corrected chi connectivity index (χ2v) is 5.55. The van der Waals surface area contributed by atoms with E-state index in [2.05, 4.69) is 0 Å². The zero-order valence-corrected chi connectivity index (χ0v) is 13.7. The fourth-order valence-corrected chi connectivity index (χ4v) is 2.36. The van der Waals surface area contributed by atoms with E-state index in [-0.39, 0.29) is 18.3 Å². The highest BCUT2D eigenvalue weighted by atomic mass is 16.5. The molecule has 0 saturated carbocycles. The lowest BCUT2D eigenvalue weighted by Crippen LogP contribution is -2.26. The number of furan rings is 2. The van der Waals surface area contributed by atoms with Crippen molar-refractivity contribution in [2.75, 3.05) is 7.05 Å². The van der Waals surface area contributed by atoms with Crippen molar-refractivity contribution in [2.24, 2.45) is 0 Å². The first-order chi connectivity index (χ1) is 11.6. The third-order valence-electron chi connectivity index (χ3n) is 3.61. The van der Waals surface area contributed by atoms with E-state index >= 15 is 0 Å². The number of ether oxygens (including phenoxy) is 1. The molecule has 0 fully saturated rings. The standard InChI is InChI=1S/C19H19NO4/c1-14-8-9-17(24-14)12-20(2)19(21)18-15(10-11-22-18)13-23-16-6-4-3-5-7-16/h3-11H,12-13H2,1-2H3. The van der Waals surface area contributed by atoms with Crippen molar-refractivity contribution in [2.45, 2.75) is 20.1 Å². The van der Waals surface area contributed by atoms with E-state index in [1.54, 1.807) is 18.0 Å². The van der Waals surface area contributed by atoms with E-state index in [1.807, 2.05) is 49.4 Å². The van der Waals surface area contributed by atoms with Gasteiger partial charge in [-0.05, 0) is 37.3 Å². The molecule has 24 heavy (non-hydrogen) atoms. The van der Waals surface area contributed by atoms with Gasteiger partial charge in [0.05, 0.1) is 12.8 Å². The molecule has 2 aromatic heterocycles. The molecular weight excluding hydrogens is 306 g/mol. The minimum absolute atomic E-state index is 0.208. The number of carbonyl (C=O) groups excluding carboxylic acids is 1. The van der Waals surface area contributed by atoms with Gasteiger partial charge in [0.25, 0.3) is 5.91 Å². The van der Waals surface area contributed by atoms with Crippen molar-refractivity contribution in [3.05, 3.63) is 77.6 Å². The summed E-state index contributed by atoms with van der Waals surface area (Å²) < 4.78 is 16.6. The highest BCUT2D eigenvalue weighted by molar-refractivity contribution is 5.92. The third kappa shape index (κ3) is 3.68. The van der Waals surface area contributed by atoms with Gasteiger partial charge in [-0.2, -0.15) is 0 Å². The number of aryl methyl sites for hydroxylation is 1. The summed E-state index contributed by atoms with van der Waals surface area (Å²) in [4.78, 5) is 14.1. The molecule has 0 N–H and O–H groups in total. The van der Waals surface area contributed by atoms with Gasteiger partial charge < -0.3 is 18.5 Å². The minimum atomic E-state index is -0.208. The van der Waals surface area contributed by atoms with Gasteiger partial charge in [0.15, 0.2) is 5.76 Å². The van der Waals surface area contributed by atoms with E-state index in [1.165, 1.54) is 6.26 Å². The van der Waals surface area contributed by atoms with Crippen LogP contribution in [0, 0.1) is 6.92 Å². The summed E-state index contributed by atoms with van der Waals surface area (Å²) in [6.45, 7) is 2.53. The summed E-state index contributed by atoms with van der Waals surface area (Å²) >= 11 is 0. The van der Waals surface area contributed by atoms with Crippen LogP contribution in [0.2, 0.25) is 0 Å². The predicted octanol–water partition coefficient (Wildman–Crippen LogP) is 4.03. The minimum Gasteiger partial charge on any atom is -0.489 e. The lowest BCUT2D eigenvalue weighted by atomic mass is 10.2. The molecule has 5 heteroatoms. The van der Waals surface area contributed by atoms with Crippen molar-refractivity contribution < 1.29 is 18.4 Å². The zero-order chi connectivity index (χ0) is 16.9. The van der Waals surface area contributed by atoms with Crippen LogP contribution in [0.4, 0.5) is 0 Å². The Labute approximate surface area is 140 Å². The molecule has 0 radical (unpaired) electrons. The Bertz CT molecular complexity index is 804. The SMILES string of the molecule is Cc1ccc(CN(C)C(=O)c2occc2COc2ccccc2)o1. The Morgan fingerprint density at radius 3 is 2.62 bits per heavy atom. The molecule has 1 amide bonds. The molecule has 1 aromatic carbocycles. The topological polar surface area (TPSA) is 55.8 Å². The Balaban J connectivity index is 1.66. The van der Waals surface area contributed by atoms with Gasteiger partial charge in [0.2, 0.25) is 0 Å². The lowest BCUT2D eigenvalue weighted by Gasteiger charge is -2.15. The van der Waals surface area contributed by atoms with Gasteiger partial charge in [-0.15, -0.1) is 0 Å². The molecule has 0 saturated heterocycles. The van der Waals surface area contributed by atoms with Crippen molar-refractivity contribution in [3.8, 4) is 5.75 Å². The van der Waals surface area contributed by atoms with Crippen molar-refractivity contribution in [3.63, 3.8) is 0 Å². The molecule has 3 aromatic rings. The Morgan fingerprint density at radius 1 is 1.12 bits per heavy atom. The number of rotatable bonds is 6. The average Bonchev–Trinajstić information content (AvgIpc) is 3.22. The highest BCUT2D eigenvalue weighted by Gasteiger charge is 2.20. The summed E-state index contributed by atoms with van der Waals surface area (Å²) in [6.07, 6.45) is 1.50. The van der Waals surface area contributed by atoms with Crippen LogP contribution in [-0.4, -0.2) is 17.9 Å². The van der Waals surface area contributed by atoms with Crippen molar-refractivity contribution in [1.29, 1.82) is 0 Å². The highest BCUT2D eigenvalue weighted by Crippen LogP contribution is 2.18. The fraction of sp³-hybridized carbons (Fsp3) is 0.211. The maximum atomic E-state index is 12.6. The molecule has 124 valence electrons. The Kier molecular flexibility index (Phi) is 4.70. The number of para-hydroxylation sites is 1. The molecule has 0 bridgehead atoms. The summed E-state index contributed by atoms with van der Waals surface area (Å²) in [5.74, 6) is 2.38. The van der Waals surface area contributed by atoms with Crippen LogP contribution in [0.5, 0.6) is 5.75 Å². The quantitative estimate of drug-likeness (QED) is 0.686. The number of carbonyl (C=O) groups is 1. The van der Waals surface area contributed by atoms with Gasteiger partial charge in [0.1, 0.15) is 23.9 Å². The first-order valence-electron chi connectivity index (χ1n) is 7.68. The zero-order valence-electron chi connectivity index (χ0n) is 13.7. The Hall–Kier alpha value is -2.95. The van der Waals surface area contributed by atoms with E-state index in [9.17, 15) is 4.79 Å². The van der Waals surface area contributed by atoms with Crippen molar-refractivity contribution >= 4 is 5.91 Å². The van der Waals surface area contributed by atoms with Crippen LogP contribution >= 0.6 is 0 Å². The van der Waals surface area contributed by atoms with Crippen LogP contribution in [0.1, 0.15) is 27.6 Å². The molecular formula is C19H19NO4. The summed E-state index contributed by atoms with van der Waals surface area (Å²) in [7, 11) is 1.71. The molecule has 5 nitrogen and oxygen atoms in total. The average molecular weight is 325 g/mol. The number of nitrogens with zero attached hydrogens (tertiary/aromatic N) is 1. The molecule has 0 unspecified atom stereocenters. The number of hydrogen-bond acceptors (Lipinski definition) is 4. The first-order valence-corrected chi connectivity index (χ1v) is 7.68. The summed E-state index contributed by atoms with van der Waals surface area (Å²) in [6, 6.07) is 14.9. The van der Waals surface area contributed by atoms with E-state index < -0.39 is 0 Å². The second-order valence-electron chi connectivity index (χ2n) is 5.55. The maximum Gasteiger partial charge on any atom is 0.290 e. The van der Waals surface area contributed by atoms with E-state index in [0.29, 0.717) is 12.1 Å². The molecule has 0 aliphatic carbocycles. The van der Waals surface area contributed by atoms with Gasteiger partial charge >= 0.3 is 0 Å². The fourth-order valence-electron chi connectivity index (χ4n) is 2.36. The monoisotopic (exact) mass is 325 g/mol. The number of benzene rings is 1. The molecule has 0 atom stereocenters. The third-order valence-corrected chi connectivity index (χ3v) is 3.61. The van der Waals surface area contributed by atoms with Crippen LogP contribution in [0.25, 0.3) is 0 Å². The largest absolute Gasteiger partial charge is 0.489 e. The van der Waals surface area contributed by atoms with Gasteiger partial charge in [-0.1, -0.05) is 18.2 Å². The second kappa shape index (κ2) is 7.08. The molecule has 0 aliphatic rings. The van der Waals surface area contributed by atoms with Crippen LogP contribution in [-0.2, 0) is 13.2 Å². The smallest absolute Gasteiger partial charge is 0.290 e. The molecule has 3 rings (SSSR count). The van der Waals surface area contributed by atoms with E-state index in [0.717, 1.165) is 17.3 Å². The summed E-state index contributed by atoms with van der Waals surface area (Å²) in [5, 5.41) is 0. The van der Waals surface area contributed by atoms with Crippen LogP contribution < -0.4 is 4.74 Å². The molecule has 2 heterocycles. The van der Waals surface area contributed by atoms with Crippen molar-refractivity contribution in [1.82, 2.24) is 4.90 Å². The predicted molar refractivity (Wildman–Crippen MR) is 88.7 cm³/mol. The first kappa shape index (κ1) is 15.9. The van der Waals surface area contributed by atoms with Crippen LogP contribution in [0.3, 0.4) is 0 Å².